The highest BCUT2D eigenvalue weighted by Gasteiger charge is 2.13. The smallest absolute Gasteiger partial charge is 0.191 e. The second-order valence-corrected chi connectivity index (χ2v) is 9.25. The first kappa shape index (κ1) is 20.4. The topological polar surface area (TPSA) is 83.4 Å². The molecule has 26 heavy (non-hydrogen) atoms. The maximum atomic E-state index is 12.3. The fourth-order valence-corrected chi connectivity index (χ4v) is 4.50. The van der Waals surface area contributed by atoms with Crippen molar-refractivity contribution in [3.05, 3.63) is 45.9 Å². The molecule has 0 amide bonds. The van der Waals surface area contributed by atoms with Gasteiger partial charge in [0.25, 0.3) is 0 Å². The Bertz CT molecular complexity index is 811. The Hall–Kier alpha value is -1.93. The van der Waals surface area contributed by atoms with Crippen LogP contribution < -0.4 is 10.6 Å². The van der Waals surface area contributed by atoms with E-state index in [0.717, 1.165) is 17.2 Å². The van der Waals surface area contributed by atoms with Crippen molar-refractivity contribution in [3.8, 4) is 0 Å². The van der Waals surface area contributed by atoms with Gasteiger partial charge in [-0.15, -0.1) is 11.3 Å². The Kier molecular flexibility index (Phi) is 7.59. The Labute approximate surface area is 159 Å². The van der Waals surface area contributed by atoms with Crippen molar-refractivity contribution >= 4 is 27.1 Å². The quantitative estimate of drug-likeness (QED) is 0.409. The minimum atomic E-state index is -3.24. The van der Waals surface area contributed by atoms with Gasteiger partial charge in [0.05, 0.1) is 22.9 Å². The predicted octanol–water partition coefficient (Wildman–Crippen LogP) is 2.68. The van der Waals surface area contributed by atoms with E-state index in [4.69, 9.17) is 0 Å². The number of rotatable bonds is 8. The summed E-state index contributed by atoms with van der Waals surface area (Å²) in [4.78, 5) is 10.6. The number of aromatic nitrogens is 1. The van der Waals surface area contributed by atoms with Crippen LogP contribution in [0.3, 0.4) is 0 Å². The van der Waals surface area contributed by atoms with Gasteiger partial charge in [-0.1, -0.05) is 18.2 Å². The minimum absolute atomic E-state index is 0.105. The van der Waals surface area contributed by atoms with Gasteiger partial charge >= 0.3 is 0 Å². The number of nitrogens with one attached hydrogen (secondary N) is 2. The van der Waals surface area contributed by atoms with Crippen LogP contribution in [0.2, 0.25) is 0 Å². The summed E-state index contributed by atoms with van der Waals surface area (Å²) in [6.07, 6.45) is 0.511. The molecule has 2 rings (SSSR count). The molecule has 2 N–H and O–H groups in total. The Morgan fingerprint density at radius 2 is 1.92 bits per heavy atom. The molecule has 0 radical (unpaired) electrons. The molecule has 1 aromatic heterocycles. The van der Waals surface area contributed by atoms with E-state index in [9.17, 15) is 8.42 Å². The van der Waals surface area contributed by atoms with Gasteiger partial charge in [-0.3, -0.25) is 0 Å². The fraction of sp³-hybridized carbons (Fsp3) is 0.444. The van der Waals surface area contributed by atoms with Gasteiger partial charge in [0.15, 0.2) is 15.8 Å². The molecule has 1 heterocycles. The molecule has 0 fully saturated rings. The molecule has 8 heteroatoms. The number of guanidine groups is 1. The van der Waals surface area contributed by atoms with Crippen LogP contribution in [-0.4, -0.2) is 38.2 Å². The predicted molar refractivity (Wildman–Crippen MR) is 108 cm³/mol. The van der Waals surface area contributed by atoms with Gasteiger partial charge in [0, 0.05) is 18.0 Å². The zero-order chi connectivity index (χ0) is 19.0. The molecular weight excluding hydrogens is 368 g/mol. The summed E-state index contributed by atoms with van der Waals surface area (Å²) in [6, 6.07) is 8.55. The van der Waals surface area contributed by atoms with Crippen LogP contribution in [-0.2, 0) is 16.4 Å². The van der Waals surface area contributed by atoms with Crippen LogP contribution in [0.5, 0.6) is 0 Å². The van der Waals surface area contributed by atoms with E-state index in [1.165, 1.54) is 4.88 Å². The average Bonchev–Trinajstić information content (AvgIpc) is 2.95. The first-order valence-electron chi connectivity index (χ1n) is 8.65. The van der Waals surface area contributed by atoms with Crippen LogP contribution in [0.4, 0.5) is 0 Å². The number of benzene rings is 1. The summed E-state index contributed by atoms with van der Waals surface area (Å²) < 4.78 is 24.5. The first-order valence-corrected chi connectivity index (χ1v) is 11.1. The van der Waals surface area contributed by atoms with Crippen LogP contribution in [0.15, 0.2) is 40.2 Å². The highest BCUT2D eigenvalue weighted by atomic mass is 32.2. The van der Waals surface area contributed by atoms with Crippen molar-refractivity contribution < 1.29 is 8.42 Å². The number of hydrogen-bond donors (Lipinski definition) is 2. The molecule has 0 saturated heterocycles. The van der Waals surface area contributed by atoms with Crippen LogP contribution in [0.1, 0.15) is 28.9 Å². The van der Waals surface area contributed by atoms with E-state index in [2.05, 4.69) is 27.5 Å². The summed E-state index contributed by atoms with van der Waals surface area (Å²) in [5, 5.41) is 7.33. The lowest BCUT2D eigenvalue weighted by Crippen LogP contribution is -2.38. The highest BCUT2D eigenvalue weighted by Crippen LogP contribution is 2.17. The molecule has 142 valence electrons. The zero-order valence-electron chi connectivity index (χ0n) is 15.4. The molecule has 2 aromatic rings. The molecule has 0 aliphatic carbocycles. The zero-order valence-corrected chi connectivity index (χ0v) is 17.1. The molecular formula is C18H26N4O2S2. The molecule has 0 unspecified atom stereocenters. The molecule has 0 atom stereocenters. The lowest BCUT2D eigenvalue weighted by atomic mass is 10.4. The third kappa shape index (κ3) is 6.10. The van der Waals surface area contributed by atoms with Crippen molar-refractivity contribution in [2.45, 2.75) is 38.6 Å². The molecule has 6 nitrogen and oxygen atoms in total. The van der Waals surface area contributed by atoms with Crippen molar-refractivity contribution in [2.75, 3.05) is 18.8 Å². The molecule has 0 aliphatic rings. The number of aliphatic imine (C=N–C) groups is 1. The third-order valence-electron chi connectivity index (χ3n) is 3.77. The van der Waals surface area contributed by atoms with Gasteiger partial charge in [0.1, 0.15) is 5.01 Å². The second-order valence-electron chi connectivity index (χ2n) is 5.86. The van der Waals surface area contributed by atoms with E-state index >= 15 is 0 Å². The normalized spacial score (nSPS) is 12.2. The molecule has 0 bridgehead atoms. The van der Waals surface area contributed by atoms with Gasteiger partial charge in [-0.05, 0) is 39.3 Å². The van der Waals surface area contributed by atoms with Crippen molar-refractivity contribution in [2.24, 2.45) is 4.99 Å². The van der Waals surface area contributed by atoms with Crippen LogP contribution >= 0.6 is 11.3 Å². The highest BCUT2D eigenvalue weighted by molar-refractivity contribution is 7.91. The van der Waals surface area contributed by atoms with E-state index in [1.54, 1.807) is 35.6 Å². The molecule has 0 aliphatic heterocycles. The summed E-state index contributed by atoms with van der Waals surface area (Å²) >= 11 is 1.65. The molecule has 0 spiro atoms. The second kappa shape index (κ2) is 9.68. The summed E-state index contributed by atoms with van der Waals surface area (Å²) in [7, 11) is -3.24. The van der Waals surface area contributed by atoms with Crippen LogP contribution in [0, 0.1) is 13.8 Å². The van der Waals surface area contributed by atoms with Crippen molar-refractivity contribution in [1.82, 2.24) is 15.6 Å². The van der Waals surface area contributed by atoms with Crippen molar-refractivity contribution in [3.63, 3.8) is 0 Å². The fourth-order valence-electron chi connectivity index (χ4n) is 2.31. The third-order valence-corrected chi connectivity index (χ3v) is 6.65. The number of sulfone groups is 1. The summed E-state index contributed by atoms with van der Waals surface area (Å²) in [5.74, 6) is 0.781. The van der Waals surface area contributed by atoms with Gasteiger partial charge < -0.3 is 10.6 Å². The number of thiazole rings is 1. The maximum Gasteiger partial charge on any atom is 0.191 e. The molecule has 1 aromatic carbocycles. The lowest BCUT2D eigenvalue weighted by Gasteiger charge is -2.11. The Morgan fingerprint density at radius 3 is 2.54 bits per heavy atom. The summed E-state index contributed by atoms with van der Waals surface area (Å²) in [6.45, 7) is 7.83. The number of nitrogens with zero attached hydrogens (tertiary/aromatic N) is 2. The summed E-state index contributed by atoms with van der Waals surface area (Å²) in [5.41, 5.74) is 1.05. The van der Waals surface area contributed by atoms with Gasteiger partial charge in [0.2, 0.25) is 0 Å². The van der Waals surface area contributed by atoms with E-state index in [-0.39, 0.29) is 5.75 Å². The standard InChI is InChI=1S/C18H26N4O2S2/c1-4-19-18(21-13-17-22-14(2)15(3)25-17)20-11-8-12-26(23,24)16-9-6-5-7-10-16/h5-7,9-10H,4,8,11-13H2,1-3H3,(H2,19,20,21). The largest absolute Gasteiger partial charge is 0.357 e. The van der Waals surface area contributed by atoms with Gasteiger partial charge in [-0.25, -0.2) is 18.4 Å². The maximum absolute atomic E-state index is 12.3. The monoisotopic (exact) mass is 394 g/mol. The van der Waals surface area contributed by atoms with E-state index in [0.29, 0.717) is 30.4 Å². The van der Waals surface area contributed by atoms with E-state index in [1.807, 2.05) is 19.9 Å². The number of hydrogen-bond acceptors (Lipinski definition) is 5. The Morgan fingerprint density at radius 1 is 1.19 bits per heavy atom. The molecule has 0 saturated carbocycles. The Balaban J connectivity index is 1.85. The average molecular weight is 395 g/mol. The van der Waals surface area contributed by atoms with Gasteiger partial charge in [-0.2, -0.15) is 0 Å². The van der Waals surface area contributed by atoms with E-state index < -0.39 is 9.84 Å². The van der Waals surface area contributed by atoms with Crippen molar-refractivity contribution in [1.29, 1.82) is 0 Å². The first-order chi connectivity index (χ1) is 12.4. The SMILES string of the molecule is CCNC(=NCc1nc(C)c(C)s1)NCCCS(=O)(=O)c1ccccc1. The minimum Gasteiger partial charge on any atom is -0.357 e. The van der Waals surface area contributed by atoms with Crippen LogP contribution in [0.25, 0.3) is 0 Å². The lowest BCUT2D eigenvalue weighted by molar-refractivity contribution is 0.592. The number of aryl methyl sites for hydroxylation is 2.